The topological polar surface area (TPSA) is 55.1 Å². The van der Waals surface area contributed by atoms with Crippen molar-refractivity contribution in [1.82, 2.24) is 5.32 Å². The molecule has 1 aromatic rings. The van der Waals surface area contributed by atoms with E-state index in [0.29, 0.717) is 12.5 Å². The van der Waals surface area contributed by atoms with E-state index in [1.54, 1.807) is 0 Å². The molecule has 3 N–H and O–H groups in total. The van der Waals surface area contributed by atoms with E-state index in [9.17, 15) is 4.79 Å². The van der Waals surface area contributed by atoms with Gasteiger partial charge in [-0.3, -0.25) is 4.79 Å². The second-order valence-electron chi connectivity index (χ2n) is 4.33. The van der Waals surface area contributed by atoms with Gasteiger partial charge in [-0.1, -0.05) is 26.0 Å². The molecule has 1 amide bonds. The van der Waals surface area contributed by atoms with E-state index < -0.39 is 0 Å². The highest BCUT2D eigenvalue weighted by atomic mass is 16.1. The maximum atomic E-state index is 11.7. The number of amides is 1. The Kier molecular flexibility index (Phi) is 5.53. The van der Waals surface area contributed by atoms with Crippen molar-refractivity contribution in [2.45, 2.75) is 45.6 Å². The Bertz CT molecular complexity index is 359. The number of carbonyl (C=O) groups excluding carboxylic acids is 1. The van der Waals surface area contributed by atoms with E-state index in [2.05, 4.69) is 19.2 Å². The third-order valence-corrected chi connectivity index (χ3v) is 2.94. The summed E-state index contributed by atoms with van der Waals surface area (Å²) in [6, 6.07) is 8.01. The van der Waals surface area contributed by atoms with Crippen LogP contribution in [0.3, 0.4) is 0 Å². The zero-order valence-corrected chi connectivity index (χ0v) is 10.7. The average Bonchev–Trinajstić information content (AvgIpc) is 2.33. The third-order valence-electron chi connectivity index (χ3n) is 2.94. The Hall–Kier alpha value is -1.51. The number of nitrogens with one attached hydrogen (secondary N) is 1. The number of anilines is 1. The minimum absolute atomic E-state index is 0.126. The maximum Gasteiger partial charge on any atom is 0.220 e. The van der Waals surface area contributed by atoms with Crippen molar-refractivity contribution in [2.75, 3.05) is 5.73 Å². The number of hydrogen-bond donors (Lipinski definition) is 2. The summed E-state index contributed by atoms with van der Waals surface area (Å²) >= 11 is 0. The number of nitrogen functional groups attached to an aromatic ring is 1. The summed E-state index contributed by atoms with van der Waals surface area (Å²) in [7, 11) is 0. The number of nitrogens with two attached hydrogens (primary N) is 1. The predicted molar refractivity (Wildman–Crippen MR) is 71.7 cm³/mol. The van der Waals surface area contributed by atoms with E-state index in [1.807, 2.05) is 24.3 Å². The molecular weight excluding hydrogens is 212 g/mol. The lowest BCUT2D eigenvalue weighted by molar-refractivity contribution is -0.121. The molecule has 0 saturated heterocycles. The second kappa shape index (κ2) is 6.94. The van der Waals surface area contributed by atoms with E-state index in [1.165, 1.54) is 0 Å². The molecule has 94 valence electrons. The first-order valence-corrected chi connectivity index (χ1v) is 6.29. The lowest BCUT2D eigenvalue weighted by Crippen LogP contribution is -2.33. The van der Waals surface area contributed by atoms with Crippen LogP contribution < -0.4 is 11.1 Å². The molecule has 0 fully saturated rings. The van der Waals surface area contributed by atoms with E-state index >= 15 is 0 Å². The van der Waals surface area contributed by atoms with Crippen LogP contribution in [0.15, 0.2) is 24.3 Å². The van der Waals surface area contributed by atoms with Gasteiger partial charge in [0.25, 0.3) is 0 Å². The van der Waals surface area contributed by atoms with Crippen molar-refractivity contribution in [3.8, 4) is 0 Å². The maximum absolute atomic E-state index is 11.7. The molecule has 0 saturated carbocycles. The largest absolute Gasteiger partial charge is 0.399 e. The third kappa shape index (κ3) is 4.89. The summed E-state index contributed by atoms with van der Waals surface area (Å²) in [6.45, 7) is 4.18. The Morgan fingerprint density at radius 3 is 2.65 bits per heavy atom. The average molecular weight is 234 g/mol. The molecule has 3 nitrogen and oxygen atoms in total. The molecule has 1 aromatic carbocycles. The fourth-order valence-electron chi connectivity index (χ4n) is 1.80. The minimum atomic E-state index is 0.126. The summed E-state index contributed by atoms with van der Waals surface area (Å²) in [6.07, 6.45) is 3.25. The predicted octanol–water partition coefficient (Wildman–Crippen LogP) is 2.51. The van der Waals surface area contributed by atoms with Crippen molar-refractivity contribution in [2.24, 2.45) is 0 Å². The number of carbonyl (C=O) groups is 1. The van der Waals surface area contributed by atoms with Crippen LogP contribution in [0, 0.1) is 0 Å². The van der Waals surface area contributed by atoms with Crippen LogP contribution in [-0.2, 0) is 11.2 Å². The van der Waals surface area contributed by atoms with Gasteiger partial charge in [0.05, 0.1) is 0 Å². The Balaban J connectivity index is 2.38. The van der Waals surface area contributed by atoms with E-state index in [-0.39, 0.29) is 5.91 Å². The second-order valence-corrected chi connectivity index (χ2v) is 4.33. The zero-order valence-electron chi connectivity index (χ0n) is 10.7. The van der Waals surface area contributed by atoms with Crippen molar-refractivity contribution in [1.29, 1.82) is 0 Å². The van der Waals surface area contributed by atoms with Crippen LogP contribution in [0.4, 0.5) is 5.69 Å². The molecule has 0 aliphatic carbocycles. The molecular formula is C14H22N2O. The quantitative estimate of drug-likeness (QED) is 0.743. The van der Waals surface area contributed by atoms with Gasteiger partial charge in [-0.05, 0) is 37.0 Å². The summed E-state index contributed by atoms with van der Waals surface area (Å²) in [4.78, 5) is 11.7. The van der Waals surface area contributed by atoms with Gasteiger partial charge in [-0.2, -0.15) is 0 Å². The minimum Gasteiger partial charge on any atom is -0.399 e. The van der Waals surface area contributed by atoms with Crippen LogP contribution in [0.5, 0.6) is 0 Å². The van der Waals surface area contributed by atoms with Crippen molar-refractivity contribution < 1.29 is 4.79 Å². The van der Waals surface area contributed by atoms with Crippen LogP contribution >= 0.6 is 0 Å². The van der Waals surface area contributed by atoms with Gasteiger partial charge in [0.2, 0.25) is 5.91 Å². The van der Waals surface area contributed by atoms with E-state index in [0.717, 1.165) is 30.5 Å². The highest BCUT2D eigenvalue weighted by Crippen LogP contribution is 2.09. The summed E-state index contributed by atoms with van der Waals surface area (Å²) < 4.78 is 0. The van der Waals surface area contributed by atoms with Crippen LogP contribution in [0.1, 0.15) is 38.7 Å². The number of rotatable bonds is 6. The standard InChI is InChI=1S/C14H22N2O/c1-3-13(4-2)16-14(17)9-8-11-6-5-7-12(15)10-11/h5-7,10,13H,3-4,8-9,15H2,1-2H3,(H,16,17). The molecule has 0 aliphatic rings. The molecule has 0 bridgehead atoms. The first-order chi connectivity index (χ1) is 8.15. The molecule has 1 rings (SSSR count). The van der Waals surface area contributed by atoms with Crippen LogP contribution in [0.2, 0.25) is 0 Å². The zero-order chi connectivity index (χ0) is 12.7. The van der Waals surface area contributed by atoms with Gasteiger partial charge in [0.15, 0.2) is 0 Å². The Morgan fingerprint density at radius 1 is 1.35 bits per heavy atom. The number of hydrogen-bond acceptors (Lipinski definition) is 2. The Morgan fingerprint density at radius 2 is 2.06 bits per heavy atom. The fraction of sp³-hybridized carbons (Fsp3) is 0.500. The van der Waals surface area contributed by atoms with Crippen molar-refractivity contribution >= 4 is 11.6 Å². The van der Waals surface area contributed by atoms with Gasteiger partial charge < -0.3 is 11.1 Å². The summed E-state index contributed by atoms with van der Waals surface area (Å²) in [5.41, 5.74) is 7.56. The van der Waals surface area contributed by atoms with Gasteiger partial charge in [-0.25, -0.2) is 0 Å². The smallest absolute Gasteiger partial charge is 0.220 e. The summed E-state index contributed by atoms with van der Waals surface area (Å²) in [5.74, 6) is 0.126. The molecule has 3 heteroatoms. The molecule has 0 heterocycles. The molecule has 0 spiro atoms. The SMILES string of the molecule is CCC(CC)NC(=O)CCc1cccc(N)c1. The molecule has 0 radical (unpaired) electrons. The monoisotopic (exact) mass is 234 g/mol. The number of benzene rings is 1. The number of aryl methyl sites for hydroxylation is 1. The summed E-state index contributed by atoms with van der Waals surface area (Å²) in [5, 5.41) is 3.03. The molecule has 0 aliphatic heterocycles. The highest BCUT2D eigenvalue weighted by molar-refractivity contribution is 5.76. The molecule has 0 atom stereocenters. The first kappa shape index (κ1) is 13.6. The van der Waals surface area contributed by atoms with Crippen molar-refractivity contribution in [3.05, 3.63) is 29.8 Å². The van der Waals surface area contributed by atoms with Crippen molar-refractivity contribution in [3.63, 3.8) is 0 Å². The Labute approximate surface area is 103 Å². The highest BCUT2D eigenvalue weighted by Gasteiger charge is 2.08. The molecule has 0 unspecified atom stereocenters. The lowest BCUT2D eigenvalue weighted by Gasteiger charge is -2.14. The van der Waals surface area contributed by atoms with Crippen LogP contribution in [-0.4, -0.2) is 11.9 Å². The lowest BCUT2D eigenvalue weighted by atomic mass is 10.1. The van der Waals surface area contributed by atoms with Gasteiger partial charge >= 0.3 is 0 Å². The fourth-order valence-corrected chi connectivity index (χ4v) is 1.80. The van der Waals surface area contributed by atoms with Crippen LogP contribution in [0.25, 0.3) is 0 Å². The van der Waals surface area contributed by atoms with Gasteiger partial charge in [0, 0.05) is 18.2 Å². The molecule has 17 heavy (non-hydrogen) atoms. The normalized spacial score (nSPS) is 10.5. The first-order valence-electron chi connectivity index (χ1n) is 6.29. The van der Waals surface area contributed by atoms with Gasteiger partial charge in [0.1, 0.15) is 0 Å². The van der Waals surface area contributed by atoms with E-state index in [4.69, 9.17) is 5.73 Å². The van der Waals surface area contributed by atoms with Gasteiger partial charge in [-0.15, -0.1) is 0 Å². The molecule has 0 aromatic heterocycles.